The zero-order valence-electron chi connectivity index (χ0n) is 19.9. The van der Waals surface area contributed by atoms with Crippen LogP contribution in [0.3, 0.4) is 0 Å². The molecule has 0 saturated carbocycles. The number of rotatable bonds is 11. The minimum atomic E-state index is -0.226. The summed E-state index contributed by atoms with van der Waals surface area (Å²) < 4.78 is 10.9. The fourth-order valence-electron chi connectivity index (χ4n) is 3.79. The van der Waals surface area contributed by atoms with Crippen molar-refractivity contribution in [2.45, 2.75) is 53.4 Å². The number of para-hydroxylation sites is 2. The highest BCUT2D eigenvalue weighted by molar-refractivity contribution is 6.10. The number of hydrogen-bond acceptors (Lipinski definition) is 6. The summed E-state index contributed by atoms with van der Waals surface area (Å²) in [7, 11) is 0. The van der Waals surface area contributed by atoms with Crippen LogP contribution in [-0.4, -0.2) is 30.0 Å². The van der Waals surface area contributed by atoms with E-state index in [1.165, 1.54) is 0 Å². The Morgan fingerprint density at radius 1 is 0.970 bits per heavy atom. The minimum absolute atomic E-state index is 0.0568. The maximum atomic E-state index is 12.9. The summed E-state index contributed by atoms with van der Waals surface area (Å²) in [6, 6.07) is 11.8. The molecule has 6 heteroatoms. The molecule has 0 bridgehead atoms. The van der Waals surface area contributed by atoms with Crippen LogP contribution >= 0.6 is 0 Å². The third-order valence-electron chi connectivity index (χ3n) is 5.46. The van der Waals surface area contributed by atoms with E-state index in [0.717, 1.165) is 34.3 Å². The Morgan fingerprint density at radius 2 is 1.70 bits per heavy atom. The number of nitrogens with zero attached hydrogens (tertiary/aromatic N) is 1. The van der Waals surface area contributed by atoms with Crippen LogP contribution in [0.15, 0.2) is 42.6 Å². The first-order valence-electron chi connectivity index (χ1n) is 11.5. The predicted molar refractivity (Wildman–Crippen MR) is 132 cm³/mol. The van der Waals surface area contributed by atoms with Crippen LogP contribution in [0.2, 0.25) is 0 Å². The molecule has 3 aromatic rings. The number of nitrogens with one attached hydrogen (secondary N) is 1. The van der Waals surface area contributed by atoms with Crippen molar-refractivity contribution in [2.75, 3.05) is 18.5 Å². The lowest BCUT2D eigenvalue weighted by Crippen LogP contribution is -2.08. The third-order valence-corrected chi connectivity index (χ3v) is 5.46. The van der Waals surface area contributed by atoms with Gasteiger partial charge in [-0.15, -0.1) is 0 Å². The molecule has 6 nitrogen and oxygen atoms in total. The Morgan fingerprint density at radius 3 is 2.39 bits per heavy atom. The van der Waals surface area contributed by atoms with E-state index in [4.69, 9.17) is 9.47 Å². The van der Waals surface area contributed by atoms with Gasteiger partial charge in [-0.05, 0) is 50.8 Å². The number of Topliss-reactive ketones (excluding diaryl/α,β-unsaturated/α-hetero) is 1. The lowest BCUT2D eigenvalue weighted by molar-refractivity contribution is -0.143. The molecule has 2 aromatic carbocycles. The SMILES string of the molecule is CCCC(=O)c1cnc2c(OCCCC(=O)OCC)cccc2c1Nc1c(C)cccc1C. The number of aryl methyl sites for hydroxylation is 2. The second kappa shape index (κ2) is 11.5. The van der Waals surface area contributed by atoms with Gasteiger partial charge in [0.1, 0.15) is 11.3 Å². The topological polar surface area (TPSA) is 77.5 Å². The Hall–Kier alpha value is -3.41. The third kappa shape index (κ3) is 5.89. The summed E-state index contributed by atoms with van der Waals surface area (Å²) in [6.45, 7) is 8.62. The number of pyridine rings is 1. The molecule has 1 aromatic heterocycles. The van der Waals surface area contributed by atoms with E-state index in [-0.39, 0.29) is 11.8 Å². The normalized spacial score (nSPS) is 10.8. The molecule has 3 rings (SSSR count). The number of hydrogen-bond donors (Lipinski definition) is 1. The molecule has 0 aliphatic carbocycles. The van der Waals surface area contributed by atoms with E-state index >= 15 is 0 Å². The van der Waals surface area contributed by atoms with Crippen LogP contribution < -0.4 is 10.1 Å². The average molecular weight is 449 g/mol. The van der Waals surface area contributed by atoms with Gasteiger partial charge in [-0.2, -0.15) is 0 Å². The number of ketones is 1. The fourth-order valence-corrected chi connectivity index (χ4v) is 3.79. The highest BCUT2D eigenvalue weighted by Crippen LogP contribution is 2.36. The first kappa shape index (κ1) is 24.2. The van der Waals surface area contributed by atoms with Crippen LogP contribution in [0, 0.1) is 13.8 Å². The van der Waals surface area contributed by atoms with E-state index in [9.17, 15) is 9.59 Å². The standard InChI is InChI=1S/C27H32N2O4/c1-5-10-22(30)21-17-28-27-20(26(21)29-25-18(3)11-7-12-19(25)4)13-8-14-23(27)33-16-9-15-24(31)32-6-2/h7-8,11-14,17H,5-6,9-10,15-16H2,1-4H3,(H,28,29). The summed E-state index contributed by atoms with van der Waals surface area (Å²) in [5, 5.41) is 4.36. The van der Waals surface area contributed by atoms with E-state index in [0.29, 0.717) is 49.3 Å². The molecule has 0 radical (unpaired) electrons. The molecule has 0 fully saturated rings. The van der Waals surface area contributed by atoms with Gasteiger partial charge in [0.2, 0.25) is 0 Å². The largest absolute Gasteiger partial charge is 0.491 e. The Balaban J connectivity index is 1.97. The first-order chi connectivity index (χ1) is 16.0. The zero-order valence-corrected chi connectivity index (χ0v) is 19.9. The Labute approximate surface area is 195 Å². The summed E-state index contributed by atoms with van der Waals surface area (Å²) in [4.78, 5) is 29.1. The van der Waals surface area contributed by atoms with Crippen LogP contribution in [-0.2, 0) is 9.53 Å². The van der Waals surface area contributed by atoms with Gasteiger partial charge in [-0.1, -0.05) is 37.3 Å². The van der Waals surface area contributed by atoms with Crippen LogP contribution in [0.4, 0.5) is 11.4 Å². The van der Waals surface area contributed by atoms with Crippen molar-refractivity contribution in [3.05, 3.63) is 59.3 Å². The zero-order chi connectivity index (χ0) is 23.8. The first-order valence-corrected chi connectivity index (χ1v) is 11.5. The highest BCUT2D eigenvalue weighted by atomic mass is 16.5. The second-order valence-corrected chi connectivity index (χ2v) is 8.02. The number of benzene rings is 2. The highest BCUT2D eigenvalue weighted by Gasteiger charge is 2.18. The second-order valence-electron chi connectivity index (χ2n) is 8.02. The molecule has 1 N–H and O–H groups in total. The van der Waals surface area contributed by atoms with Crippen molar-refractivity contribution in [3.8, 4) is 5.75 Å². The van der Waals surface area contributed by atoms with Gasteiger partial charge in [0, 0.05) is 30.1 Å². The Bertz CT molecular complexity index is 1120. The number of fused-ring (bicyclic) bond motifs is 1. The van der Waals surface area contributed by atoms with Crippen LogP contribution in [0.25, 0.3) is 10.9 Å². The van der Waals surface area contributed by atoms with Crippen molar-refractivity contribution in [2.24, 2.45) is 0 Å². The van der Waals surface area contributed by atoms with Gasteiger partial charge in [0.05, 0.1) is 24.5 Å². The number of anilines is 2. The molecule has 0 aliphatic heterocycles. The number of carbonyl (C=O) groups is 2. The van der Waals surface area contributed by atoms with Gasteiger partial charge in [0.25, 0.3) is 0 Å². The van der Waals surface area contributed by atoms with Crippen molar-refractivity contribution in [1.29, 1.82) is 0 Å². The van der Waals surface area contributed by atoms with Gasteiger partial charge in [-0.3, -0.25) is 14.6 Å². The van der Waals surface area contributed by atoms with Gasteiger partial charge in [0.15, 0.2) is 5.78 Å². The summed E-state index contributed by atoms with van der Waals surface area (Å²) in [5.41, 5.74) is 5.17. The van der Waals surface area contributed by atoms with E-state index in [1.54, 1.807) is 13.1 Å². The van der Waals surface area contributed by atoms with Gasteiger partial charge < -0.3 is 14.8 Å². The number of aromatic nitrogens is 1. The number of ether oxygens (including phenoxy) is 2. The monoisotopic (exact) mass is 448 g/mol. The quantitative estimate of drug-likeness (QED) is 0.211. The van der Waals surface area contributed by atoms with E-state index in [2.05, 4.69) is 10.3 Å². The van der Waals surface area contributed by atoms with Crippen molar-refractivity contribution >= 4 is 34.0 Å². The van der Waals surface area contributed by atoms with Gasteiger partial charge in [-0.25, -0.2) is 0 Å². The minimum Gasteiger partial charge on any atom is -0.491 e. The predicted octanol–water partition coefficient (Wildman–Crippen LogP) is 6.30. The summed E-state index contributed by atoms with van der Waals surface area (Å²) in [5.74, 6) is 0.452. The van der Waals surface area contributed by atoms with E-state index < -0.39 is 0 Å². The molecule has 1 heterocycles. The molecule has 33 heavy (non-hydrogen) atoms. The molecular formula is C27H32N2O4. The molecular weight excluding hydrogens is 416 g/mol. The molecule has 0 atom stereocenters. The van der Waals surface area contributed by atoms with Crippen molar-refractivity contribution < 1.29 is 19.1 Å². The van der Waals surface area contributed by atoms with Gasteiger partial charge >= 0.3 is 5.97 Å². The van der Waals surface area contributed by atoms with E-state index in [1.807, 2.05) is 57.2 Å². The molecule has 0 aliphatic rings. The van der Waals surface area contributed by atoms with Crippen LogP contribution in [0.1, 0.15) is 61.0 Å². The van der Waals surface area contributed by atoms with Crippen molar-refractivity contribution in [1.82, 2.24) is 4.98 Å². The lowest BCUT2D eigenvalue weighted by Gasteiger charge is -2.18. The Kier molecular flexibility index (Phi) is 8.41. The maximum absolute atomic E-state index is 12.9. The molecule has 0 spiro atoms. The summed E-state index contributed by atoms with van der Waals surface area (Å²) in [6.07, 6.45) is 3.72. The molecule has 0 amide bonds. The smallest absolute Gasteiger partial charge is 0.305 e. The fraction of sp³-hybridized carbons (Fsp3) is 0.370. The summed E-state index contributed by atoms with van der Waals surface area (Å²) >= 11 is 0. The molecule has 0 unspecified atom stereocenters. The number of esters is 1. The average Bonchev–Trinajstić information content (AvgIpc) is 2.79. The lowest BCUT2D eigenvalue weighted by atomic mass is 10.0. The molecule has 0 saturated heterocycles. The van der Waals surface area contributed by atoms with Crippen LogP contribution in [0.5, 0.6) is 5.75 Å². The number of carbonyl (C=O) groups excluding carboxylic acids is 2. The maximum Gasteiger partial charge on any atom is 0.305 e. The molecule has 174 valence electrons. The van der Waals surface area contributed by atoms with Crippen molar-refractivity contribution in [3.63, 3.8) is 0 Å².